The van der Waals surface area contributed by atoms with E-state index in [-0.39, 0.29) is 11.3 Å². The Balaban J connectivity index is 1.74. The third-order valence-corrected chi connectivity index (χ3v) is 5.52. The van der Waals surface area contributed by atoms with Crippen LogP contribution < -0.4 is 4.90 Å². The van der Waals surface area contributed by atoms with Crippen molar-refractivity contribution in [3.63, 3.8) is 0 Å². The third kappa shape index (κ3) is 2.65. The maximum atomic E-state index is 13.5. The first kappa shape index (κ1) is 18.7. The lowest BCUT2D eigenvalue weighted by molar-refractivity contribution is -0.384. The molecule has 1 aliphatic heterocycles. The maximum Gasteiger partial charge on any atom is 0.270 e. The van der Waals surface area contributed by atoms with E-state index < -0.39 is 16.7 Å². The number of rotatable bonds is 3. The quantitative estimate of drug-likeness (QED) is 0.283. The Morgan fingerprint density at radius 1 is 0.903 bits per heavy atom. The van der Waals surface area contributed by atoms with Crippen LogP contribution in [0.4, 0.5) is 11.4 Å². The van der Waals surface area contributed by atoms with Gasteiger partial charge in [-0.25, -0.2) is 9.58 Å². The molecule has 0 fully saturated rings. The molecule has 2 amide bonds. The molecule has 3 aromatic carbocycles. The van der Waals surface area contributed by atoms with Gasteiger partial charge in [0.15, 0.2) is 0 Å². The highest BCUT2D eigenvalue weighted by molar-refractivity contribution is 6.36. The molecule has 1 aliphatic rings. The molecule has 0 saturated carbocycles. The molecule has 8 heteroatoms. The van der Waals surface area contributed by atoms with Crippen molar-refractivity contribution in [1.82, 2.24) is 9.78 Å². The van der Waals surface area contributed by atoms with Crippen LogP contribution in [-0.2, 0) is 0 Å². The van der Waals surface area contributed by atoms with Gasteiger partial charge in [-0.05, 0) is 37.4 Å². The van der Waals surface area contributed by atoms with E-state index in [1.807, 2.05) is 30.3 Å². The Kier molecular flexibility index (Phi) is 3.97. The van der Waals surface area contributed by atoms with Crippen molar-refractivity contribution in [2.24, 2.45) is 0 Å². The minimum atomic E-state index is -0.601. The van der Waals surface area contributed by atoms with Gasteiger partial charge in [0.1, 0.15) is 0 Å². The van der Waals surface area contributed by atoms with Gasteiger partial charge < -0.3 is 0 Å². The van der Waals surface area contributed by atoms with E-state index >= 15 is 0 Å². The lowest BCUT2D eigenvalue weighted by Crippen LogP contribution is -2.41. The summed E-state index contributed by atoms with van der Waals surface area (Å²) in [6.07, 6.45) is 0. The van der Waals surface area contributed by atoms with E-state index in [2.05, 4.69) is 5.10 Å². The minimum absolute atomic E-state index is 0.130. The lowest BCUT2D eigenvalue weighted by Gasteiger charge is -2.27. The number of para-hydroxylation sites is 1. The summed E-state index contributed by atoms with van der Waals surface area (Å²) in [6.45, 7) is 3.51. The highest BCUT2D eigenvalue weighted by atomic mass is 16.6. The standard InChI is InChI=1S/C23H16N4O4/c1-13-21(14(2)26(24-13)16-8-4-3-5-9-16)25-22(28)18-10-6-7-15-11-17(27(30)31)12-19(20(15)18)23(25)29/h3-12H,1-2H3. The second-order valence-corrected chi connectivity index (χ2v) is 7.37. The van der Waals surface area contributed by atoms with E-state index in [0.29, 0.717) is 33.4 Å². The molecule has 0 atom stereocenters. The monoisotopic (exact) mass is 412 g/mol. The number of aromatic nitrogens is 2. The van der Waals surface area contributed by atoms with Crippen molar-refractivity contribution in [3.05, 3.63) is 93.3 Å². The average Bonchev–Trinajstić information content (AvgIpc) is 3.06. The van der Waals surface area contributed by atoms with Gasteiger partial charge in [-0.3, -0.25) is 19.7 Å². The Morgan fingerprint density at radius 3 is 2.32 bits per heavy atom. The molecule has 152 valence electrons. The van der Waals surface area contributed by atoms with Gasteiger partial charge in [0.2, 0.25) is 0 Å². The number of amides is 2. The van der Waals surface area contributed by atoms with Gasteiger partial charge in [-0.2, -0.15) is 5.10 Å². The van der Waals surface area contributed by atoms with Crippen LogP contribution in [0.25, 0.3) is 16.5 Å². The lowest BCUT2D eigenvalue weighted by atomic mass is 9.93. The summed E-state index contributed by atoms with van der Waals surface area (Å²) in [5.74, 6) is -1.08. The van der Waals surface area contributed by atoms with Gasteiger partial charge >= 0.3 is 0 Å². The van der Waals surface area contributed by atoms with Crippen LogP contribution in [0, 0.1) is 24.0 Å². The third-order valence-electron chi connectivity index (χ3n) is 5.52. The first-order valence-electron chi connectivity index (χ1n) is 9.60. The number of non-ortho nitro benzene ring substituents is 1. The summed E-state index contributed by atoms with van der Waals surface area (Å²) in [5.41, 5.74) is 2.56. The van der Waals surface area contributed by atoms with Crippen LogP contribution in [0.5, 0.6) is 0 Å². The number of imide groups is 1. The normalized spacial score (nSPS) is 13.2. The van der Waals surface area contributed by atoms with Crippen molar-refractivity contribution in [2.45, 2.75) is 13.8 Å². The molecule has 5 rings (SSSR count). The number of nitro benzene ring substituents is 1. The number of aryl methyl sites for hydroxylation is 1. The second kappa shape index (κ2) is 6.60. The number of hydrogen-bond donors (Lipinski definition) is 0. The minimum Gasteiger partial charge on any atom is -0.268 e. The highest BCUT2D eigenvalue weighted by Crippen LogP contribution is 2.37. The summed E-state index contributed by atoms with van der Waals surface area (Å²) in [7, 11) is 0. The molecular weight excluding hydrogens is 396 g/mol. The van der Waals surface area contributed by atoms with Crippen molar-refractivity contribution < 1.29 is 14.5 Å². The topological polar surface area (TPSA) is 98.3 Å². The number of hydrogen-bond acceptors (Lipinski definition) is 5. The smallest absolute Gasteiger partial charge is 0.268 e. The Labute approximate surface area is 176 Å². The Bertz CT molecular complexity index is 1420. The number of carbonyl (C=O) groups is 2. The second-order valence-electron chi connectivity index (χ2n) is 7.37. The van der Waals surface area contributed by atoms with Gasteiger partial charge in [-0.1, -0.05) is 30.3 Å². The van der Waals surface area contributed by atoms with Gasteiger partial charge in [-0.15, -0.1) is 0 Å². The van der Waals surface area contributed by atoms with E-state index in [4.69, 9.17) is 0 Å². The van der Waals surface area contributed by atoms with Crippen LogP contribution in [0.2, 0.25) is 0 Å². The molecule has 4 aromatic rings. The van der Waals surface area contributed by atoms with Crippen LogP contribution in [0.3, 0.4) is 0 Å². The molecule has 0 bridgehead atoms. The fourth-order valence-electron chi connectivity index (χ4n) is 4.18. The number of carbonyl (C=O) groups excluding carboxylic acids is 2. The molecule has 0 saturated heterocycles. The molecule has 0 spiro atoms. The molecular formula is C23H16N4O4. The Morgan fingerprint density at radius 2 is 1.61 bits per heavy atom. The summed E-state index contributed by atoms with van der Waals surface area (Å²) in [6, 6.07) is 17.0. The molecule has 8 nitrogen and oxygen atoms in total. The molecule has 31 heavy (non-hydrogen) atoms. The Hall–Kier alpha value is -4.33. The zero-order valence-electron chi connectivity index (χ0n) is 16.7. The predicted molar refractivity (Wildman–Crippen MR) is 115 cm³/mol. The summed E-state index contributed by atoms with van der Waals surface area (Å²) < 4.78 is 1.68. The molecule has 0 radical (unpaired) electrons. The van der Waals surface area contributed by atoms with Crippen LogP contribution in [0.15, 0.2) is 60.7 Å². The zero-order chi connectivity index (χ0) is 21.9. The number of anilines is 1. The number of nitrogens with zero attached hydrogens (tertiary/aromatic N) is 4. The average molecular weight is 412 g/mol. The van der Waals surface area contributed by atoms with Crippen LogP contribution in [-0.4, -0.2) is 26.5 Å². The van der Waals surface area contributed by atoms with Gasteiger partial charge in [0, 0.05) is 23.1 Å². The fraction of sp³-hybridized carbons (Fsp3) is 0.0870. The summed E-state index contributed by atoms with van der Waals surface area (Å²) in [5, 5.41) is 16.9. The molecule has 1 aromatic heterocycles. The molecule has 2 heterocycles. The van der Waals surface area contributed by atoms with E-state index in [1.54, 1.807) is 36.7 Å². The molecule has 0 unspecified atom stereocenters. The first-order valence-corrected chi connectivity index (χ1v) is 9.60. The van der Waals surface area contributed by atoms with Gasteiger partial charge in [0.25, 0.3) is 17.5 Å². The van der Waals surface area contributed by atoms with E-state index in [9.17, 15) is 19.7 Å². The van der Waals surface area contributed by atoms with Crippen LogP contribution in [0.1, 0.15) is 32.1 Å². The van der Waals surface area contributed by atoms with E-state index in [0.717, 1.165) is 10.6 Å². The van der Waals surface area contributed by atoms with Crippen molar-refractivity contribution in [3.8, 4) is 5.69 Å². The highest BCUT2D eigenvalue weighted by Gasteiger charge is 2.38. The number of benzene rings is 3. The van der Waals surface area contributed by atoms with E-state index in [1.165, 1.54) is 12.1 Å². The summed E-state index contributed by atoms with van der Waals surface area (Å²) >= 11 is 0. The maximum absolute atomic E-state index is 13.5. The first-order chi connectivity index (χ1) is 14.9. The molecule has 0 N–H and O–H groups in total. The SMILES string of the molecule is Cc1nn(-c2ccccc2)c(C)c1N1C(=O)c2cccc3cc([N+](=O)[O-])cc(c23)C1=O. The number of nitro groups is 1. The molecule has 0 aliphatic carbocycles. The van der Waals surface area contributed by atoms with Gasteiger partial charge in [0.05, 0.1) is 33.2 Å². The predicted octanol–water partition coefficient (Wildman–Crippen LogP) is 4.35. The van der Waals surface area contributed by atoms with Crippen molar-refractivity contribution in [1.29, 1.82) is 0 Å². The summed E-state index contributed by atoms with van der Waals surface area (Å²) in [4.78, 5) is 38.8. The van der Waals surface area contributed by atoms with Crippen LogP contribution >= 0.6 is 0 Å². The fourth-order valence-corrected chi connectivity index (χ4v) is 4.18. The van der Waals surface area contributed by atoms with Crippen molar-refractivity contribution in [2.75, 3.05) is 4.90 Å². The largest absolute Gasteiger partial charge is 0.270 e. The van der Waals surface area contributed by atoms with Crippen molar-refractivity contribution >= 4 is 34.0 Å². The zero-order valence-corrected chi connectivity index (χ0v) is 16.7.